The van der Waals surface area contributed by atoms with Crippen molar-refractivity contribution in [2.24, 2.45) is 0 Å². The first-order chi connectivity index (χ1) is 13.1. The van der Waals surface area contributed by atoms with Crippen molar-refractivity contribution >= 4 is 55.8 Å². The van der Waals surface area contributed by atoms with E-state index in [-0.39, 0.29) is 5.56 Å². The second-order valence-corrected chi connectivity index (χ2v) is 8.49. The fourth-order valence-electron chi connectivity index (χ4n) is 2.75. The minimum absolute atomic E-state index is 0.122. The molecule has 0 aliphatic rings. The van der Waals surface area contributed by atoms with Crippen LogP contribution < -0.4 is 5.56 Å². The van der Waals surface area contributed by atoms with Gasteiger partial charge in [0, 0.05) is 22.4 Å². The fraction of sp³-hybridized carbons (Fsp3) is 0.222. The van der Waals surface area contributed by atoms with Gasteiger partial charge >= 0.3 is 0 Å². The predicted molar refractivity (Wildman–Crippen MR) is 109 cm³/mol. The Morgan fingerprint density at radius 3 is 2.93 bits per heavy atom. The van der Waals surface area contributed by atoms with Crippen molar-refractivity contribution in [1.29, 1.82) is 0 Å². The minimum Gasteiger partial charge on any atom is -0.383 e. The van der Waals surface area contributed by atoms with Crippen LogP contribution in [0.3, 0.4) is 0 Å². The van der Waals surface area contributed by atoms with Crippen LogP contribution in [0.1, 0.15) is 4.88 Å². The number of ether oxygens (including phenoxy) is 1. The van der Waals surface area contributed by atoms with Crippen LogP contribution in [0.5, 0.6) is 0 Å². The van der Waals surface area contributed by atoms with Gasteiger partial charge in [-0.05, 0) is 43.0 Å². The summed E-state index contributed by atoms with van der Waals surface area (Å²) in [6.07, 6.45) is 1.54. The first-order valence-electron chi connectivity index (χ1n) is 8.15. The topological polar surface area (TPSA) is 69.9 Å². The van der Waals surface area contributed by atoms with Crippen molar-refractivity contribution in [2.75, 3.05) is 13.7 Å². The van der Waals surface area contributed by atoms with E-state index < -0.39 is 0 Å². The Labute approximate surface area is 168 Å². The third-order valence-corrected chi connectivity index (χ3v) is 6.21. The number of nitrogens with zero attached hydrogens (tertiary/aromatic N) is 4. The van der Waals surface area contributed by atoms with Gasteiger partial charge in [0.05, 0.1) is 24.1 Å². The molecule has 27 heavy (non-hydrogen) atoms. The van der Waals surface area contributed by atoms with Gasteiger partial charge in [0.1, 0.15) is 16.2 Å². The van der Waals surface area contributed by atoms with Gasteiger partial charge in [0.15, 0.2) is 5.16 Å². The molecular formula is C18H15ClN4O2S2. The number of aromatic nitrogens is 4. The lowest BCUT2D eigenvalue weighted by atomic mass is 10.2. The van der Waals surface area contributed by atoms with E-state index in [2.05, 4.69) is 21.0 Å². The van der Waals surface area contributed by atoms with Gasteiger partial charge in [-0.25, -0.2) is 15.0 Å². The van der Waals surface area contributed by atoms with Crippen molar-refractivity contribution in [1.82, 2.24) is 19.5 Å². The molecule has 1 aromatic carbocycles. The summed E-state index contributed by atoms with van der Waals surface area (Å²) in [5, 5.41) is 3.35. The minimum atomic E-state index is -0.122. The van der Waals surface area contributed by atoms with Crippen molar-refractivity contribution in [2.45, 2.75) is 23.7 Å². The zero-order valence-electron chi connectivity index (χ0n) is 14.6. The van der Waals surface area contributed by atoms with Gasteiger partial charge in [-0.2, -0.15) is 0 Å². The highest BCUT2D eigenvalue weighted by atomic mass is 35.5. The third-order valence-electron chi connectivity index (χ3n) is 4.01. The van der Waals surface area contributed by atoms with Crippen LogP contribution in [0.25, 0.3) is 21.1 Å². The molecule has 0 radical (unpaired) electrons. The normalized spacial score (nSPS) is 11.5. The molecule has 0 spiro atoms. The maximum absolute atomic E-state index is 13.0. The van der Waals surface area contributed by atoms with E-state index in [0.717, 1.165) is 20.1 Å². The van der Waals surface area contributed by atoms with Crippen LogP contribution in [-0.2, 0) is 11.3 Å². The molecule has 6 nitrogen and oxygen atoms in total. The Balaban J connectivity index is 1.89. The number of benzene rings is 1. The standard InChI is InChI=1S/C18H15ClN4O2S2/c1-10-7-13-15(26-10)20-9-21-16(13)27-18-22-14-8-11(19)3-4-12(14)17(24)23(18)5-6-25-2/h3-4,7-9H,5-6H2,1-2H3. The Morgan fingerprint density at radius 2 is 2.11 bits per heavy atom. The van der Waals surface area contributed by atoms with E-state index in [1.165, 1.54) is 18.1 Å². The quantitative estimate of drug-likeness (QED) is 0.358. The van der Waals surface area contributed by atoms with Crippen LogP contribution in [0, 0.1) is 6.92 Å². The van der Waals surface area contributed by atoms with Gasteiger partial charge in [0.25, 0.3) is 5.56 Å². The Kier molecular flexibility index (Phi) is 5.14. The van der Waals surface area contributed by atoms with Crippen LogP contribution in [0.2, 0.25) is 5.02 Å². The molecule has 0 aliphatic heterocycles. The monoisotopic (exact) mass is 418 g/mol. The summed E-state index contributed by atoms with van der Waals surface area (Å²) in [5.41, 5.74) is 0.443. The molecule has 0 saturated carbocycles. The molecule has 0 atom stereocenters. The van der Waals surface area contributed by atoms with Gasteiger partial charge < -0.3 is 4.74 Å². The highest BCUT2D eigenvalue weighted by Crippen LogP contribution is 2.34. The lowest BCUT2D eigenvalue weighted by Crippen LogP contribution is -2.25. The summed E-state index contributed by atoms with van der Waals surface area (Å²) >= 11 is 9.06. The van der Waals surface area contributed by atoms with Crippen molar-refractivity contribution in [3.63, 3.8) is 0 Å². The lowest BCUT2D eigenvalue weighted by molar-refractivity contribution is 0.183. The molecule has 138 valence electrons. The van der Waals surface area contributed by atoms with E-state index in [9.17, 15) is 4.79 Å². The van der Waals surface area contributed by atoms with E-state index in [1.807, 2.05) is 6.92 Å². The molecule has 9 heteroatoms. The highest BCUT2D eigenvalue weighted by molar-refractivity contribution is 7.99. The first-order valence-corrected chi connectivity index (χ1v) is 10.2. The Morgan fingerprint density at radius 1 is 1.26 bits per heavy atom. The summed E-state index contributed by atoms with van der Waals surface area (Å²) < 4.78 is 6.79. The second-order valence-electron chi connectivity index (χ2n) is 5.86. The molecule has 0 N–H and O–H groups in total. The van der Waals surface area contributed by atoms with Crippen molar-refractivity contribution in [3.05, 3.63) is 50.8 Å². The SMILES string of the molecule is COCCn1c(Sc2ncnc3sc(C)cc23)nc2cc(Cl)ccc2c1=O. The number of rotatable bonds is 5. The maximum atomic E-state index is 13.0. The molecule has 0 aliphatic carbocycles. The molecule has 0 bridgehead atoms. The Hall–Kier alpha value is -2.00. The number of hydrogen-bond acceptors (Lipinski definition) is 7. The number of halogens is 1. The van der Waals surface area contributed by atoms with Crippen LogP contribution in [-0.4, -0.2) is 33.2 Å². The maximum Gasteiger partial charge on any atom is 0.262 e. The average Bonchev–Trinajstić information content (AvgIpc) is 3.02. The summed E-state index contributed by atoms with van der Waals surface area (Å²) in [4.78, 5) is 28.5. The molecule has 0 unspecified atom stereocenters. The summed E-state index contributed by atoms with van der Waals surface area (Å²) in [6, 6.07) is 7.16. The molecule has 3 aromatic heterocycles. The largest absolute Gasteiger partial charge is 0.383 e. The van der Waals surface area contributed by atoms with Gasteiger partial charge in [-0.3, -0.25) is 9.36 Å². The number of methoxy groups -OCH3 is 1. The van der Waals surface area contributed by atoms with E-state index in [0.29, 0.717) is 34.2 Å². The van der Waals surface area contributed by atoms with E-state index in [4.69, 9.17) is 16.3 Å². The Bertz CT molecular complexity index is 1210. The fourth-order valence-corrected chi connectivity index (χ4v) is 4.80. The van der Waals surface area contributed by atoms with Gasteiger partial charge in [-0.15, -0.1) is 11.3 Å². The average molecular weight is 419 g/mol. The smallest absolute Gasteiger partial charge is 0.262 e. The molecule has 3 heterocycles. The number of thiophene rings is 1. The van der Waals surface area contributed by atoms with Crippen molar-refractivity contribution in [3.8, 4) is 0 Å². The summed E-state index contributed by atoms with van der Waals surface area (Å²) in [5.74, 6) is 0. The highest BCUT2D eigenvalue weighted by Gasteiger charge is 2.16. The first kappa shape index (κ1) is 18.4. The summed E-state index contributed by atoms with van der Waals surface area (Å²) in [6.45, 7) is 2.84. The molecule has 0 fully saturated rings. The van der Waals surface area contributed by atoms with Crippen molar-refractivity contribution < 1.29 is 4.74 Å². The zero-order valence-corrected chi connectivity index (χ0v) is 17.0. The van der Waals surface area contributed by atoms with E-state index in [1.54, 1.807) is 41.2 Å². The second kappa shape index (κ2) is 7.55. The predicted octanol–water partition coefficient (Wildman–Crippen LogP) is 4.16. The molecular weight excluding hydrogens is 404 g/mol. The number of hydrogen-bond donors (Lipinski definition) is 0. The van der Waals surface area contributed by atoms with Crippen LogP contribution in [0.15, 0.2) is 45.6 Å². The molecule has 0 amide bonds. The van der Waals surface area contributed by atoms with Crippen LogP contribution in [0.4, 0.5) is 0 Å². The van der Waals surface area contributed by atoms with Crippen LogP contribution >= 0.6 is 34.7 Å². The molecule has 0 saturated heterocycles. The number of fused-ring (bicyclic) bond motifs is 2. The third kappa shape index (κ3) is 3.58. The molecule has 4 aromatic rings. The zero-order chi connectivity index (χ0) is 19.0. The van der Waals surface area contributed by atoms with E-state index >= 15 is 0 Å². The number of aryl methyl sites for hydroxylation is 1. The van der Waals surface area contributed by atoms with Gasteiger partial charge in [-0.1, -0.05) is 11.6 Å². The molecule has 4 rings (SSSR count). The lowest BCUT2D eigenvalue weighted by Gasteiger charge is -2.12. The van der Waals surface area contributed by atoms with Gasteiger partial charge in [0.2, 0.25) is 0 Å². The summed E-state index contributed by atoms with van der Waals surface area (Å²) in [7, 11) is 1.61.